The number of halogens is 4. The van der Waals surface area contributed by atoms with Crippen LogP contribution in [0.15, 0.2) is 40.9 Å². The number of hydrogen-bond acceptors (Lipinski definition) is 4. The molecular formula is C18H14BrCl3N2O4. The first-order valence-corrected chi connectivity index (χ1v) is 9.83. The Morgan fingerprint density at radius 3 is 2.32 bits per heavy atom. The molecule has 148 valence electrons. The minimum Gasteiger partial charge on any atom is -0.456 e. The minimum absolute atomic E-state index is 0.137. The maximum absolute atomic E-state index is 11.9. The van der Waals surface area contributed by atoms with Crippen LogP contribution in [0.4, 0.5) is 11.4 Å². The molecule has 0 saturated carbocycles. The van der Waals surface area contributed by atoms with Crippen molar-refractivity contribution in [3.05, 3.63) is 55.9 Å². The number of carbonyl (C=O) groups is 3. The second-order valence-corrected chi connectivity index (χ2v) is 7.59. The van der Waals surface area contributed by atoms with Crippen LogP contribution < -0.4 is 10.6 Å². The zero-order valence-electron chi connectivity index (χ0n) is 14.2. The fourth-order valence-corrected chi connectivity index (χ4v) is 3.09. The summed E-state index contributed by atoms with van der Waals surface area (Å²) in [6, 6.07) is 9.74. The van der Waals surface area contributed by atoms with Crippen LogP contribution in [-0.2, 0) is 19.1 Å². The first-order chi connectivity index (χ1) is 13.3. The van der Waals surface area contributed by atoms with E-state index in [0.29, 0.717) is 21.4 Å². The highest BCUT2D eigenvalue weighted by atomic mass is 79.9. The summed E-state index contributed by atoms with van der Waals surface area (Å²) in [5, 5.41) is 5.93. The highest BCUT2D eigenvalue weighted by Gasteiger charge is 2.13. The normalized spacial score (nSPS) is 10.3. The fraction of sp³-hybridized carbons (Fsp3) is 0.167. The maximum Gasteiger partial charge on any atom is 0.306 e. The van der Waals surface area contributed by atoms with Crippen LogP contribution in [0.3, 0.4) is 0 Å². The van der Waals surface area contributed by atoms with Crippen molar-refractivity contribution in [2.45, 2.75) is 12.8 Å². The van der Waals surface area contributed by atoms with Crippen molar-refractivity contribution in [3.8, 4) is 0 Å². The molecule has 28 heavy (non-hydrogen) atoms. The van der Waals surface area contributed by atoms with Gasteiger partial charge in [-0.3, -0.25) is 14.4 Å². The molecule has 0 bridgehead atoms. The Labute approximate surface area is 184 Å². The van der Waals surface area contributed by atoms with E-state index in [2.05, 4.69) is 26.6 Å². The number of rotatable bonds is 7. The van der Waals surface area contributed by atoms with Gasteiger partial charge >= 0.3 is 5.97 Å². The fourth-order valence-electron chi connectivity index (χ4n) is 2.02. The summed E-state index contributed by atoms with van der Waals surface area (Å²) in [6.07, 6.45) is -0.335. The van der Waals surface area contributed by atoms with E-state index in [1.807, 2.05) is 0 Å². The van der Waals surface area contributed by atoms with E-state index in [0.717, 1.165) is 4.47 Å². The van der Waals surface area contributed by atoms with Crippen LogP contribution >= 0.6 is 50.7 Å². The molecule has 0 aliphatic heterocycles. The summed E-state index contributed by atoms with van der Waals surface area (Å²) >= 11 is 21.1. The molecule has 0 aliphatic carbocycles. The van der Waals surface area contributed by atoms with Crippen molar-refractivity contribution in [3.63, 3.8) is 0 Å². The van der Waals surface area contributed by atoms with E-state index in [1.54, 1.807) is 36.4 Å². The first-order valence-electron chi connectivity index (χ1n) is 7.90. The van der Waals surface area contributed by atoms with E-state index in [9.17, 15) is 14.4 Å². The van der Waals surface area contributed by atoms with Gasteiger partial charge in [0.05, 0.1) is 32.9 Å². The number of amides is 2. The Balaban J connectivity index is 1.74. The number of esters is 1. The van der Waals surface area contributed by atoms with Gasteiger partial charge in [-0.05, 0) is 30.3 Å². The lowest BCUT2D eigenvalue weighted by Gasteiger charge is -2.09. The third kappa shape index (κ3) is 6.98. The third-order valence-electron chi connectivity index (χ3n) is 3.35. The second-order valence-electron chi connectivity index (χ2n) is 5.48. The molecule has 0 atom stereocenters. The van der Waals surface area contributed by atoms with Crippen LogP contribution in [0.25, 0.3) is 0 Å². The average Bonchev–Trinajstić information content (AvgIpc) is 2.64. The zero-order valence-corrected chi connectivity index (χ0v) is 18.1. The first kappa shape index (κ1) is 22.5. The topological polar surface area (TPSA) is 84.5 Å². The molecule has 2 aromatic rings. The largest absolute Gasteiger partial charge is 0.456 e. The van der Waals surface area contributed by atoms with Crippen molar-refractivity contribution >= 4 is 79.9 Å². The summed E-state index contributed by atoms with van der Waals surface area (Å²) in [5.41, 5.74) is 0.738. The summed E-state index contributed by atoms with van der Waals surface area (Å²) in [5.74, 6) is -1.68. The molecule has 0 spiro atoms. The number of anilines is 2. The lowest BCUT2D eigenvalue weighted by Crippen LogP contribution is -2.22. The predicted molar refractivity (Wildman–Crippen MR) is 113 cm³/mol. The number of nitrogens with one attached hydrogen (secondary N) is 2. The molecule has 0 heterocycles. The van der Waals surface area contributed by atoms with Crippen molar-refractivity contribution in [2.75, 3.05) is 17.2 Å². The molecule has 6 nitrogen and oxygen atoms in total. The highest BCUT2D eigenvalue weighted by molar-refractivity contribution is 9.10. The van der Waals surface area contributed by atoms with Crippen molar-refractivity contribution in [1.82, 2.24) is 0 Å². The molecule has 2 amide bonds. The Morgan fingerprint density at radius 1 is 0.893 bits per heavy atom. The van der Waals surface area contributed by atoms with Crippen LogP contribution in [-0.4, -0.2) is 24.4 Å². The van der Waals surface area contributed by atoms with Gasteiger partial charge < -0.3 is 15.4 Å². The van der Waals surface area contributed by atoms with Crippen LogP contribution in [0.2, 0.25) is 15.1 Å². The van der Waals surface area contributed by atoms with Gasteiger partial charge in [0.15, 0.2) is 6.61 Å². The molecule has 0 unspecified atom stereocenters. The van der Waals surface area contributed by atoms with E-state index in [-0.39, 0.29) is 17.9 Å². The lowest BCUT2D eigenvalue weighted by atomic mass is 10.2. The zero-order chi connectivity index (χ0) is 20.7. The van der Waals surface area contributed by atoms with Crippen LogP contribution in [0.5, 0.6) is 0 Å². The Morgan fingerprint density at radius 2 is 1.61 bits per heavy atom. The van der Waals surface area contributed by atoms with Gasteiger partial charge in [-0.15, -0.1) is 0 Å². The quantitative estimate of drug-likeness (QED) is 0.497. The monoisotopic (exact) mass is 506 g/mol. The van der Waals surface area contributed by atoms with Gasteiger partial charge in [-0.2, -0.15) is 0 Å². The molecule has 0 saturated heterocycles. The van der Waals surface area contributed by atoms with Crippen molar-refractivity contribution < 1.29 is 19.1 Å². The standard InChI is InChI=1S/C18H14BrCl3N2O4/c19-10-4-5-13(12(21)8-10)23-16(26)9-28-17(27)7-6-15(25)24-14-3-1-2-11(20)18(14)22/h1-5,8H,6-7,9H2,(H,23,26)(H,24,25). The van der Waals surface area contributed by atoms with E-state index < -0.39 is 24.4 Å². The molecule has 0 radical (unpaired) electrons. The van der Waals surface area contributed by atoms with E-state index >= 15 is 0 Å². The van der Waals surface area contributed by atoms with Gasteiger partial charge in [-0.1, -0.05) is 56.8 Å². The van der Waals surface area contributed by atoms with Crippen molar-refractivity contribution in [2.24, 2.45) is 0 Å². The van der Waals surface area contributed by atoms with Crippen LogP contribution in [0.1, 0.15) is 12.8 Å². The van der Waals surface area contributed by atoms with Gasteiger partial charge in [0.1, 0.15) is 0 Å². The highest BCUT2D eigenvalue weighted by Crippen LogP contribution is 2.29. The molecule has 2 rings (SSSR count). The van der Waals surface area contributed by atoms with Gasteiger partial charge in [0.25, 0.3) is 5.91 Å². The number of carbonyl (C=O) groups excluding carboxylic acids is 3. The van der Waals surface area contributed by atoms with E-state index in [1.165, 1.54) is 0 Å². The molecule has 0 aromatic heterocycles. The Hall–Kier alpha value is -1.80. The smallest absolute Gasteiger partial charge is 0.306 e. The Kier molecular flexibility index (Phi) is 8.57. The summed E-state index contributed by atoms with van der Waals surface area (Å²) in [6.45, 7) is -0.493. The number of hydrogen-bond donors (Lipinski definition) is 2. The third-order valence-corrected chi connectivity index (χ3v) is 4.98. The summed E-state index contributed by atoms with van der Waals surface area (Å²) < 4.78 is 5.62. The molecule has 10 heteroatoms. The molecular weight excluding hydrogens is 494 g/mol. The molecule has 0 fully saturated rings. The molecule has 0 aliphatic rings. The average molecular weight is 509 g/mol. The number of benzene rings is 2. The predicted octanol–water partition coefficient (Wildman–Crippen LogP) is 5.31. The van der Waals surface area contributed by atoms with Crippen molar-refractivity contribution in [1.29, 1.82) is 0 Å². The van der Waals surface area contributed by atoms with Gasteiger partial charge in [0.2, 0.25) is 5.91 Å². The lowest BCUT2D eigenvalue weighted by molar-refractivity contribution is -0.147. The maximum atomic E-state index is 11.9. The minimum atomic E-state index is -0.690. The second kappa shape index (κ2) is 10.7. The SMILES string of the molecule is O=C(COC(=O)CCC(=O)Nc1cccc(Cl)c1Cl)Nc1ccc(Br)cc1Cl. The van der Waals surface area contributed by atoms with Crippen LogP contribution in [0, 0.1) is 0 Å². The number of ether oxygens (including phenoxy) is 1. The summed E-state index contributed by atoms with van der Waals surface area (Å²) in [4.78, 5) is 35.5. The van der Waals surface area contributed by atoms with E-state index in [4.69, 9.17) is 39.5 Å². The molecule has 2 aromatic carbocycles. The molecule has 2 N–H and O–H groups in total. The van der Waals surface area contributed by atoms with Gasteiger partial charge in [-0.25, -0.2) is 0 Å². The van der Waals surface area contributed by atoms with Gasteiger partial charge in [0, 0.05) is 10.9 Å². The summed E-state index contributed by atoms with van der Waals surface area (Å²) in [7, 11) is 0. The Bertz CT molecular complexity index is 908.